The minimum atomic E-state index is -1.14. The number of hydrogen-bond acceptors (Lipinski definition) is 4. The van der Waals surface area contributed by atoms with Crippen molar-refractivity contribution in [2.75, 3.05) is 11.4 Å². The molecular weight excluding hydrogens is 372 g/mol. The van der Waals surface area contributed by atoms with Crippen LogP contribution in [0, 0.1) is 13.8 Å². The van der Waals surface area contributed by atoms with E-state index in [1.54, 1.807) is 37.3 Å². The van der Waals surface area contributed by atoms with Crippen molar-refractivity contribution < 1.29 is 24.2 Å². The predicted molar refractivity (Wildman–Crippen MR) is 108 cm³/mol. The first-order valence-electron chi connectivity index (χ1n) is 9.45. The summed E-state index contributed by atoms with van der Waals surface area (Å²) in [5.74, 6) is -1.23. The lowest BCUT2D eigenvalue weighted by atomic mass is 9.97. The Morgan fingerprint density at radius 1 is 1.17 bits per heavy atom. The number of para-hydroxylation sites is 2. The fourth-order valence-corrected chi connectivity index (χ4v) is 3.40. The Bertz CT molecular complexity index is 956. The molecule has 2 aromatic rings. The molecule has 0 aromatic heterocycles. The van der Waals surface area contributed by atoms with Crippen molar-refractivity contribution in [2.45, 2.75) is 39.3 Å². The van der Waals surface area contributed by atoms with E-state index in [1.807, 2.05) is 26.0 Å². The van der Waals surface area contributed by atoms with Gasteiger partial charge in [-0.25, -0.2) is 4.79 Å². The number of benzene rings is 2. The first-order valence-corrected chi connectivity index (χ1v) is 9.45. The molecule has 0 radical (unpaired) electrons. The van der Waals surface area contributed by atoms with E-state index in [4.69, 9.17) is 4.74 Å². The Balaban J connectivity index is 1.72. The van der Waals surface area contributed by atoms with Crippen LogP contribution in [-0.2, 0) is 14.4 Å². The zero-order valence-electron chi connectivity index (χ0n) is 16.6. The number of carbonyl (C=O) groups excluding carboxylic acids is 2. The van der Waals surface area contributed by atoms with Crippen molar-refractivity contribution in [3.63, 3.8) is 0 Å². The van der Waals surface area contributed by atoms with Gasteiger partial charge >= 0.3 is 5.97 Å². The quantitative estimate of drug-likeness (QED) is 0.783. The molecule has 0 aliphatic carbocycles. The number of hydrogen-bond donors (Lipinski definition) is 2. The molecule has 1 heterocycles. The summed E-state index contributed by atoms with van der Waals surface area (Å²) >= 11 is 0. The molecule has 7 nitrogen and oxygen atoms in total. The molecule has 7 heteroatoms. The highest BCUT2D eigenvalue weighted by atomic mass is 16.5. The number of nitrogens with one attached hydrogen (secondary N) is 1. The second kappa shape index (κ2) is 8.34. The van der Waals surface area contributed by atoms with Crippen LogP contribution in [0.1, 0.15) is 36.1 Å². The number of aliphatic carboxylic acids is 1. The van der Waals surface area contributed by atoms with Crippen molar-refractivity contribution in [1.82, 2.24) is 5.32 Å². The van der Waals surface area contributed by atoms with Crippen LogP contribution in [0.4, 0.5) is 5.69 Å². The molecule has 0 saturated heterocycles. The third kappa shape index (κ3) is 4.23. The average molecular weight is 396 g/mol. The number of amides is 2. The van der Waals surface area contributed by atoms with Crippen LogP contribution in [0.2, 0.25) is 0 Å². The van der Waals surface area contributed by atoms with Crippen molar-refractivity contribution >= 4 is 23.5 Å². The fourth-order valence-electron chi connectivity index (χ4n) is 3.40. The molecule has 1 aliphatic heterocycles. The zero-order chi connectivity index (χ0) is 21.1. The van der Waals surface area contributed by atoms with Gasteiger partial charge in [0.15, 0.2) is 12.1 Å². The summed E-state index contributed by atoms with van der Waals surface area (Å²) in [7, 11) is 0. The molecule has 0 spiro atoms. The van der Waals surface area contributed by atoms with Crippen LogP contribution in [0.25, 0.3) is 0 Å². The number of rotatable bonds is 6. The van der Waals surface area contributed by atoms with E-state index in [9.17, 15) is 19.5 Å². The third-order valence-electron chi connectivity index (χ3n) is 5.15. The Morgan fingerprint density at radius 2 is 1.90 bits per heavy atom. The topological polar surface area (TPSA) is 95.9 Å². The largest absolute Gasteiger partial charge is 0.479 e. The monoisotopic (exact) mass is 396 g/mol. The molecule has 2 unspecified atom stereocenters. The van der Waals surface area contributed by atoms with Crippen LogP contribution < -0.4 is 15.0 Å². The smallest absolute Gasteiger partial charge is 0.330 e. The molecule has 29 heavy (non-hydrogen) atoms. The molecule has 2 N–H and O–H groups in total. The fraction of sp³-hybridized carbons (Fsp3) is 0.318. The SMILES string of the molecule is Cc1cccc(C(NC(=O)CCN2C(=O)C(C)Oc3ccccc32)C(=O)O)c1C. The van der Waals surface area contributed by atoms with Crippen molar-refractivity contribution in [1.29, 1.82) is 0 Å². The summed E-state index contributed by atoms with van der Waals surface area (Å²) in [5.41, 5.74) is 2.93. The van der Waals surface area contributed by atoms with E-state index < -0.39 is 24.0 Å². The van der Waals surface area contributed by atoms with Gasteiger partial charge in [0.05, 0.1) is 5.69 Å². The lowest BCUT2D eigenvalue weighted by Gasteiger charge is -2.32. The average Bonchev–Trinajstić information content (AvgIpc) is 2.68. The second-order valence-electron chi connectivity index (χ2n) is 7.10. The number of carboxylic acid groups (broad SMARTS) is 1. The summed E-state index contributed by atoms with van der Waals surface area (Å²) in [6.07, 6.45) is -0.670. The van der Waals surface area contributed by atoms with Gasteiger partial charge in [0.2, 0.25) is 5.91 Å². The van der Waals surface area contributed by atoms with Gasteiger partial charge in [0.25, 0.3) is 5.91 Å². The highest BCUT2D eigenvalue weighted by Gasteiger charge is 2.32. The molecule has 1 aliphatic rings. The van der Waals surface area contributed by atoms with Crippen LogP contribution in [-0.4, -0.2) is 35.5 Å². The maximum absolute atomic E-state index is 12.5. The molecule has 3 rings (SSSR count). The van der Waals surface area contributed by atoms with Crippen molar-refractivity contribution in [3.8, 4) is 5.75 Å². The number of nitrogens with zero attached hydrogens (tertiary/aromatic N) is 1. The maximum atomic E-state index is 12.5. The number of ether oxygens (including phenoxy) is 1. The summed E-state index contributed by atoms with van der Waals surface area (Å²) in [5, 5.41) is 12.2. The minimum absolute atomic E-state index is 0.0264. The van der Waals surface area contributed by atoms with E-state index >= 15 is 0 Å². The zero-order valence-corrected chi connectivity index (χ0v) is 16.6. The summed E-state index contributed by atoms with van der Waals surface area (Å²) < 4.78 is 5.59. The maximum Gasteiger partial charge on any atom is 0.330 e. The molecule has 0 fully saturated rings. The van der Waals surface area contributed by atoms with Crippen LogP contribution in [0.15, 0.2) is 42.5 Å². The Labute approximate surface area is 169 Å². The van der Waals surface area contributed by atoms with Crippen molar-refractivity contribution in [2.24, 2.45) is 0 Å². The molecule has 2 aromatic carbocycles. The van der Waals surface area contributed by atoms with Crippen LogP contribution in [0.5, 0.6) is 5.75 Å². The Kier molecular flexibility index (Phi) is 5.87. The molecular formula is C22H24N2O5. The lowest BCUT2D eigenvalue weighted by Crippen LogP contribution is -2.46. The van der Waals surface area contributed by atoms with Gasteiger partial charge in [-0.3, -0.25) is 9.59 Å². The van der Waals surface area contributed by atoms with Gasteiger partial charge in [-0.05, 0) is 49.6 Å². The van der Waals surface area contributed by atoms with Crippen LogP contribution in [0.3, 0.4) is 0 Å². The lowest BCUT2D eigenvalue weighted by molar-refractivity contribution is -0.142. The van der Waals surface area contributed by atoms with E-state index in [2.05, 4.69) is 5.32 Å². The van der Waals surface area contributed by atoms with Gasteiger partial charge < -0.3 is 20.1 Å². The molecule has 2 amide bonds. The number of carbonyl (C=O) groups is 3. The third-order valence-corrected chi connectivity index (χ3v) is 5.15. The van der Waals surface area contributed by atoms with Gasteiger partial charge in [-0.1, -0.05) is 30.3 Å². The predicted octanol–water partition coefficient (Wildman–Crippen LogP) is 2.75. The van der Waals surface area contributed by atoms with E-state index in [0.29, 0.717) is 17.0 Å². The summed E-state index contributed by atoms with van der Waals surface area (Å²) in [4.78, 5) is 38.3. The van der Waals surface area contributed by atoms with Gasteiger partial charge in [0.1, 0.15) is 5.75 Å². The number of fused-ring (bicyclic) bond motifs is 1. The minimum Gasteiger partial charge on any atom is -0.479 e. The Hall–Kier alpha value is -3.35. The second-order valence-corrected chi connectivity index (χ2v) is 7.10. The first kappa shape index (κ1) is 20.4. The summed E-state index contributed by atoms with van der Waals surface area (Å²) in [6, 6.07) is 11.3. The number of aryl methyl sites for hydroxylation is 1. The van der Waals surface area contributed by atoms with Gasteiger partial charge in [-0.2, -0.15) is 0 Å². The van der Waals surface area contributed by atoms with Crippen molar-refractivity contribution in [3.05, 3.63) is 59.2 Å². The Morgan fingerprint density at radius 3 is 2.62 bits per heavy atom. The van der Waals surface area contributed by atoms with Gasteiger partial charge in [-0.15, -0.1) is 0 Å². The molecule has 0 saturated carbocycles. The summed E-state index contributed by atoms with van der Waals surface area (Å²) in [6.45, 7) is 5.51. The highest BCUT2D eigenvalue weighted by Crippen LogP contribution is 2.33. The molecule has 2 atom stereocenters. The first-order chi connectivity index (χ1) is 13.8. The standard InChI is InChI=1S/C22H24N2O5/c1-13-7-6-8-16(14(13)2)20(22(27)28)23-19(25)11-12-24-17-9-4-5-10-18(17)29-15(3)21(24)26/h4-10,15,20H,11-12H2,1-3H3,(H,23,25)(H,27,28). The van der Waals surface area contributed by atoms with E-state index in [0.717, 1.165) is 11.1 Å². The number of anilines is 1. The van der Waals surface area contributed by atoms with E-state index in [1.165, 1.54) is 4.90 Å². The number of carboxylic acids is 1. The van der Waals surface area contributed by atoms with Crippen LogP contribution >= 0.6 is 0 Å². The highest BCUT2D eigenvalue weighted by molar-refractivity contribution is 6.00. The normalized spacial score (nSPS) is 16.6. The van der Waals surface area contributed by atoms with Gasteiger partial charge in [0, 0.05) is 13.0 Å². The molecule has 0 bridgehead atoms. The van der Waals surface area contributed by atoms with E-state index in [-0.39, 0.29) is 18.9 Å². The molecule has 152 valence electrons.